The van der Waals surface area contributed by atoms with E-state index in [1.165, 1.54) is 11.6 Å². The fourth-order valence-corrected chi connectivity index (χ4v) is 3.79. The highest BCUT2D eigenvalue weighted by Gasteiger charge is 2.24. The lowest BCUT2D eigenvalue weighted by molar-refractivity contribution is 0.0761. The van der Waals surface area contributed by atoms with Gasteiger partial charge in [-0.3, -0.25) is 20.4 Å². The zero-order chi connectivity index (χ0) is 20.2. The summed E-state index contributed by atoms with van der Waals surface area (Å²) in [5, 5.41) is 0.486. The third-order valence-electron chi connectivity index (χ3n) is 5.42. The molecule has 29 heavy (non-hydrogen) atoms. The molecule has 2 N–H and O–H groups in total. The highest BCUT2D eigenvalue weighted by atomic mass is 16.3. The zero-order valence-electron chi connectivity index (χ0n) is 16.4. The molecule has 0 radical (unpaired) electrons. The SMILES string of the molecule is CN(CCCC1CC(c2ccccc2)NN1)C(=O)c1cc(=O)c2ccccc2o1. The third-order valence-corrected chi connectivity index (χ3v) is 5.42. The number of carbonyl (C=O) groups excluding carboxylic acids is 1. The molecule has 1 fully saturated rings. The van der Waals surface area contributed by atoms with Gasteiger partial charge < -0.3 is 9.32 Å². The van der Waals surface area contributed by atoms with Crippen LogP contribution in [0.1, 0.15) is 41.4 Å². The maximum absolute atomic E-state index is 12.7. The maximum atomic E-state index is 12.7. The molecule has 2 atom stereocenters. The molecular weight excluding hydrogens is 366 g/mol. The molecule has 6 heteroatoms. The lowest BCUT2D eigenvalue weighted by Crippen LogP contribution is -2.32. The number of carbonyl (C=O) groups is 1. The largest absolute Gasteiger partial charge is 0.451 e. The van der Waals surface area contributed by atoms with Crippen LogP contribution in [0.2, 0.25) is 0 Å². The van der Waals surface area contributed by atoms with Gasteiger partial charge in [-0.05, 0) is 37.0 Å². The molecule has 1 saturated heterocycles. The number of hydrogen-bond donors (Lipinski definition) is 2. The van der Waals surface area contributed by atoms with Crippen molar-refractivity contribution < 1.29 is 9.21 Å². The lowest BCUT2D eigenvalue weighted by atomic mass is 10.00. The summed E-state index contributed by atoms with van der Waals surface area (Å²) in [4.78, 5) is 26.5. The Labute approximate surface area is 169 Å². The van der Waals surface area contributed by atoms with Crippen molar-refractivity contribution in [3.8, 4) is 0 Å². The van der Waals surface area contributed by atoms with Gasteiger partial charge in [0, 0.05) is 31.7 Å². The quantitative estimate of drug-likeness (QED) is 0.675. The first-order chi connectivity index (χ1) is 14.1. The summed E-state index contributed by atoms with van der Waals surface area (Å²) >= 11 is 0. The second-order valence-corrected chi connectivity index (χ2v) is 7.52. The van der Waals surface area contributed by atoms with Gasteiger partial charge >= 0.3 is 0 Å². The number of fused-ring (bicyclic) bond motifs is 1. The van der Waals surface area contributed by atoms with E-state index in [9.17, 15) is 9.59 Å². The van der Waals surface area contributed by atoms with Crippen LogP contribution < -0.4 is 16.3 Å². The van der Waals surface area contributed by atoms with Crippen LogP contribution in [0, 0.1) is 0 Å². The van der Waals surface area contributed by atoms with E-state index in [1.807, 2.05) is 6.07 Å². The Kier molecular flexibility index (Phi) is 5.74. The van der Waals surface area contributed by atoms with Crippen LogP contribution >= 0.6 is 0 Å². The Morgan fingerprint density at radius 2 is 1.86 bits per heavy atom. The number of rotatable bonds is 6. The normalized spacial score (nSPS) is 18.8. The standard InChI is InChI=1S/C23H25N3O3/c1-26(23(28)22-15-20(27)18-11-5-6-12-21(18)29-22)13-7-10-17-14-19(25-24-17)16-8-3-2-4-9-16/h2-6,8-9,11-12,15,17,19,24-25H,7,10,13-14H2,1H3. The van der Waals surface area contributed by atoms with Crippen LogP contribution in [0.5, 0.6) is 0 Å². The number of hydrogen-bond acceptors (Lipinski definition) is 5. The van der Waals surface area contributed by atoms with Gasteiger partial charge in [-0.1, -0.05) is 42.5 Å². The molecule has 0 spiro atoms. The maximum Gasteiger partial charge on any atom is 0.289 e. The topological polar surface area (TPSA) is 74.6 Å². The molecule has 150 valence electrons. The van der Waals surface area contributed by atoms with Gasteiger partial charge in [-0.25, -0.2) is 0 Å². The Bertz CT molecular complexity index is 1050. The Morgan fingerprint density at radius 3 is 2.69 bits per heavy atom. The fraction of sp³-hybridized carbons (Fsp3) is 0.304. The van der Waals surface area contributed by atoms with Gasteiger partial charge in [0.05, 0.1) is 5.39 Å². The van der Waals surface area contributed by atoms with Crippen molar-refractivity contribution in [2.24, 2.45) is 0 Å². The Morgan fingerprint density at radius 1 is 1.10 bits per heavy atom. The van der Waals surface area contributed by atoms with Crippen LogP contribution in [0.25, 0.3) is 11.0 Å². The van der Waals surface area contributed by atoms with Gasteiger partial charge in [0.25, 0.3) is 5.91 Å². The summed E-state index contributed by atoms with van der Waals surface area (Å²) in [6.45, 7) is 0.601. The summed E-state index contributed by atoms with van der Waals surface area (Å²) in [7, 11) is 1.74. The van der Waals surface area contributed by atoms with Gasteiger partial charge in [0.2, 0.25) is 0 Å². The average molecular weight is 391 g/mol. The van der Waals surface area contributed by atoms with Crippen molar-refractivity contribution in [1.82, 2.24) is 15.8 Å². The van der Waals surface area contributed by atoms with Gasteiger partial charge in [0.15, 0.2) is 11.2 Å². The van der Waals surface area contributed by atoms with Crippen molar-refractivity contribution >= 4 is 16.9 Å². The molecule has 6 nitrogen and oxygen atoms in total. The number of benzene rings is 2. The van der Waals surface area contributed by atoms with E-state index < -0.39 is 0 Å². The third kappa shape index (κ3) is 4.39. The summed E-state index contributed by atoms with van der Waals surface area (Å²) in [6.07, 6.45) is 2.83. The minimum atomic E-state index is -0.271. The molecular formula is C23H25N3O3. The summed E-state index contributed by atoms with van der Waals surface area (Å²) < 4.78 is 5.65. The van der Waals surface area contributed by atoms with Crippen molar-refractivity contribution in [1.29, 1.82) is 0 Å². The lowest BCUT2D eigenvalue weighted by Gasteiger charge is -2.17. The molecule has 2 heterocycles. The number of amides is 1. The van der Waals surface area contributed by atoms with Gasteiger partial charge in [-0.15, -0.1) is 0 Å². The van der Waals surface area contributed by atoms with Crippen molar-refractivity contribution in [2.45, 2.75) is 31.3 Å². The monoisotopic (exact) mass is 391 g/mol. The first-order valence-corrected chi connectivity index (χ1v) is 9.96. The van der Waals surface area contributed by atoms with Crippen molar-refractivity contribution in [3.05, 3.63) is 82.2 Å². The van der Waals surface area contributed by atoms with Crippen LogP contribution in [0.4, 0.5) is 0 Å². The summed E-state index contributed by atoms with van der Waals surface area (Å²) in [5.41, 5.74) is 8.22. The highest BCUT2D eigenvalue weighted by Crippen LogP contribution is 2.24. The number of hydrazine groups is 1. The van der Waals surface area contributed by atoms with E-state index in [4.69, 9.17) is 4.42 Å². The van der Waals surface area contributed by atoms with E-state index in [1.54, 1.807) is 36.2 Å². The molecule has 1 aliphatic heterocycles. The second-order valence-electron chi connectivity index (χ2n) is 7.52. The number of para-hydroxylation sites is 1. The zero-order valence-corrected chi connectivity index (χ0v) is 16.4. The first-order valence-electron chi connectivity index (χ1n) is 9.96. The first kappa shape index (κ1) is 19.4. The predicted molar refractivity (Wildman–Crippen MR) is 113 cm³/mol. The summed E-state index contributed by atoms with van der Waals surface area (Å²) in [6, 6.07) is 19.3. The van der Waals surface area contributed by atoms with Crippen molar-refractivity contribution in [2.75, 3.05) is 13.6 Å². The predicted octanol–water partition coefficient (Wildman–Crippen LogP) is 3.25. The van der Waals surface area contributed by atoms with E-state index in [2.05, 4.69) is 35.1 Å². The molecule has 3 aromatic rings. The van der Waals surface area contributed by atoms with Gasteiger partial charge in [0.1, 0.15) is 5.58 Å². The van der Waals surface area contributed by atoms with Crippen LogP contribution in [-0.2, 0) is 0 Å². The van der Waals surface area contributed by atoms with Crippen LogP contribution in [-0.4, -0.2) is 30.4 Å². The molecule has 2 aromatic carbocycles. The molecule has 2 unspecified atom stereocenters. The number of nitrogens with one attached hydrogen (secondary N) is 2. The van der Waals surface area contributed by atoms with E-state index in [0.717, 1.165) is 19.3 Å². The second kappa shape index (κ2) is 8.59. The highest BCUT2D eigenvalue weighted by molar-refractivity contribution is 5.93. The fourth-order valence-electron chi connectivity index (χ4n) is 3.79. The van der Waals surface area contributed by atoms with Gasteiger partial charge in [-0.2, -0.15) is 0 Å². The van der Waals surface area contributed by atoms with Crippen molar-refractivity contribution in [3.63, 3.8) is 0 Å². The Hall–Kier alpha value is -2.96. The van der Waals surface area contributed by atoms with E-state index >= 15 is 0 Å². The summed E-state index contributed by atoms with van der Waals surface area (Å²) in [5.74, 6) is -0.187. The average Bonchev–Trinajstić information content (AvgIpc) is 3.22. The molecule has 0 aliphatic carbocycles. The molecule has 1 amide bonds. The van der Waals surface area contributed by atoms with Crippen LogP contribution in [0.15, 0.2) is 69.9 Å². The smallest absolute Gasteiger partial charge is 0.289 e. The molecule has 0 saturated carbocycles. The van der Waals surface area contributed by atoms with E-state index in [-0.39, 0.29) is 17.1 Å². The Balaban J connectivity index is 1.30. The molecule has 4 rings (SSSR count). The number of nitrogens with zero attached hydrogens (tertiary/aromatic N) is 1. The molecule has 1 aliphatic rings. The van der Waals surface area contributed by atoms with E-state index in [0.29, 0.717) is 29.6 Å². The minimum absolute atomic E-state index is 0.0843. The minimum Gasteiger partial charge on any atom is -0.451 e. The van der Waals surface area contributed by atoms with Crippen LogP contribution in [0.3, 0.4) is 0 Å². The molecule has 0 bridgehead atoms. The molecule has 1 aromatic heterocycles.